The number of benzene rings is 2. The molecule has 2 aromatic carbocycles. The minimum atomic E-state index is -0.326. The van der Waals surface area contributed by atoms with E-state index in [-0.39, 0.29) is 11.7 Å². The van der Waals surface area contributed by atoms with Crippen LogP contribution >= 0.6 is 11.6 Å². The number of halogens is 1. The van der Waals surface area contributed by atoms with Gasteiger partial charge in [0.1, 0.15) is 5.75 Å². The Labute approximate surface area is 109 Å². The Bertz CT molecular complexity index is 599. The third-order valence-corrected chi connectivity index (χ3v) is 2.71. The molecule has 4 nitrogen and oxygen atoms in total. The number of carbonyl (C=O) groups is 1. The number of nitrogen functional groups attached to an aromatic ring is 1. The van der Waals surface area contributed by atoms with E-state index in [0.29, 0.717) is 22.0 Å². The minimum absolute atomic E-state index is 0.0401. The fourth-order valence-corrected chi connectivity index (χ4v) is 1.59. The Morgan fingerprint density at radius 2 is 2.00 bits per heavy atom. The predicted molar refractivity (Wildman–Crippen MR) is 71.9 cm³/mol. The lowest BCUT2D eigenvalue weighted by atomic mass is 10.2. The third-order valence-electron chi connectivity index (χ3n) is 2.36. The third kappa shape index (κ3) is 2.73. The number of hydrogen-bond donors (Lipinski definition) is 3. The standard InChI is InChI=1S/C13H11ClN2O2/c14-11-5-4-9(7-12(11)15)16-13(18)8-2-1-3-10(17)6-8/h1-7,17H,15H2,(H,16,18). The Morgan fingerprint density at radius 3 is 2.67 bits per heavy atom. The molecule has 1 amide bonds. The van der Waals surface area contributed by atoms with Crippen molar-refractivity contribution in [3.63, 3.8) is 0 Å². The van der Waals surface area contributed by atoms with E-state index in [4.69, 9.17) is 17.3 Å². The molecule has 4 N–H and O–H groups in total. The quantitative estimate of drug-likeness (QED) is 0.729. The molecule has 0 fully saturated rings. The van der Waals surface area contributed by atoms with Gasteiger partial charge in [0.25, 0.3) is 5.91 Å². The van der Waals surface area contributed by atoms with Crippen LogP contribution in [0.3, 0.4) is 0 Å². The second-order valence-electron chi connectivity index (χ2n) is 3.74. The van der Waals surface area contributed by atoms with Gasteiger partial charge in [0.05, 0.1) is 10.7 Å². The smallest absolute Gasteiger partial charge is 0.255 e. The number of carbonyl (C=O) groups excluding carboxylic acids is 1. The highest BCUT2D eigenvalue weighted by molar-refractivity contribution is 6.33. The van der Waals surface area contributed by atoms with Crippen LogP contribution in [-0.2, 0) is 0 Å². The molecule has 0 aliphatic rings. The lowest BCUT2D eigenvalue weighted by Crippen LogP contribution is -2.11. The second-order valence-corrected chi connectivity index (χ2v) is 4.15. The van der Waals surface area contributed by atoms with Crippen molar-refractivity contribution in [2.45, 2.75) is 0 Å². The zero-order valence-corrected chi connectivity index (χ0v) is 10.1. The van der Waals surface area contributed by atoms with Gasteiger partial charge in [0.15, 0.2) is 0 Å². The Morgan fingerprint density at radius 1 is 1.22 bits per heavy atom. The van der Waals surface area contributed by atoms with Crippen LogP contribution in [0.25, 0.3) is 0 Å². The number of phenols is 1. The normalized spacial score (nSPS) is 10.1. The van der Waals surface area contributed by atoms with Gasteiger partial charge < -0.3 is 16.2 Å². The van der Waals surface area contributed by atoms with Gasteiger partial charge in [-0.15, -0.1) is 0 Å². The molecule has 2 aromatic rings. The number of nitrogens with one attached hydrogen (secondary N) is 1. The molecule has 0 heterocycles. The first-order valence-corrected chi connectivity index (χ1v) is 5.59. The number of phenolic OH excluding ortho intramolecular Hbond substituents is 1. The van der Waals surface area contributed by atoms with Gasteiger partial charge >= 0.3 is 0 Å². The number of rotatable bonds is 2. The van der Waals surface area contributed by atoms with Crippen LogP contribution in [0.5, 0.6) is 5.75 Å². The number of anilines is 2. The van der Waals surface area contributed by atoms with Crippen LogP contribution in [0, 0.1) is 0 Å². The van der Waals surface area contributed by atoms with Gasteiger partial charge in [0, 0.05) is 11.3 Å². The highest BCUT2D eigenvalue weighted by Gasteiger charge is 2.07. The fourth-order valence-electron chi connectivity index (χ4n) is 1.47. The molecule has 0 atom stereocenters. The molecule has 0 bridgehead atoms. The summed E-state index contributed by atoms with van der Waals surface area (Å²) in [5.41, 5.74) is 6.94. The van der Waals surface area contributed by atoms with E-state index in [9.17, 15) is 9.90 Å². The van der Waals surface area contributed by atoms with E-state index < -0.39 is 0 Å². The molecule has 92 valence electrons. The lowest BCUT2D eigenvalue weighted by Gasteiger charge is -2.07. The molecule has 0 spiro atoms. The average Bonchev–Trinajstić information content (AvgIpc) is 2.34. The van der Waals surface area contributed by atoms with Crippen molar-refractivity contribution in [3.05, 3.63) is 53.1 Å². The van der Waals surface area contributed by atoms with Gasteiger partial charge in [-0.2, -0.15) is 0 Å². The topological polar surface area (TPSA) is 75.3 Å². The van der Waals surface area contributed by atoms with E-state index in [0.717, 1.165) is 0 Å². The largest absolute Gasteiger partial charge is 0.508 e. The van der Waals surface area contributed by atoms with E-state index in [1.54, 1.807) is 30.3 Å². The van der Waals surface area contributed by atoms with Crippen molar-refractivity contribution in [2.75, 3.05) is 11.1 Å². The molecule has 0 unspecified atom stereocenters. The Kier molecular flexibility index (Phi) is 3.39. The van der Waals surface area contributed by atoms with Crippen LogP contribution in [0.1, 0.15) is 10.4 Å². The van der Waals surface area contributed by atoms with E-state index in [2.05, 4.69) is 5.32 Å². The number of nitrogens with two attached hydrogens (primary N) is 1. The maximum Gasteiger partial charge on any atom is 0.255 e. The first-order valence-electron chi connectivity index (χ1n) is 5.21. The van der Waals surface area contributed by atoms with E-state index in [1.165, 1.54) is 12.1 Å². The van der Waals surface area contributed by atoms with E-state index >= 15 is 0 Å². The van der Waals surface area contributed by atoms with Gasteiger partial charge in [-0.1, -0.05) is 17.7 Å². The zero-order valence-electron chi connectivity index (χ0n) is 9.35. The molecule has 0 saturated carbocycles. The lowest BCUT2D eigenvalue weighted by molar-refractivity contribution is 0.102. The van der Waals surface area contributed by atoms with Crippen molar-refractivity contribution < 1.29 is 9.90 Å². The molecule has 0 saturated heterocycles. The van der Waals surface area contributed by atoms with Crippen molar-refractivity contribution in [3.8, 4) is 5.75 Å². The van der Waals surface area contributed by atoms with Crippen LogP contribution in [0.4, 0.5) is 11.4 Å². The summed E-state index contributed by atoms with van der Waals surface area (Å²) in [6, 6.07) is 10.9. The molecule has 0 aliphatic carbocycles. The van der Waals surface area contributed by atoms with Crippen molar-refractivity contribution >= 4 is 28.9 Å². The first-order chi connectivity index (χ1) is 8.56. The summed E-state index contributed by atoms with van der Waals surface area (Å²) in [5, 5.41) is 12.4. The molecule has 0 aliphatic heterocycles. The monoisotopic (exact) mass is 262 g/mol. The van der Waals surface area contributed by atoms with Crippen molar-refractivity contribution in [2.24, 2.45) is 0 Å². The number of aromatic hydroxyl groups is 1. The summed E-state index contributed by atoms with van der Waals surface area (Å²) in [6.45, 7) is 0. The van der Waals surface area contributed by atoms with Gasteiger partial charge in [-0.05, 0) is 36.4 Å². The number of hydrogen-bond acceptors (Lipinski definition) is 3. The second kappa shape index (κ2) is 4.98. The molecule has 0 aromatic heterocycles. The average molecular weight is 263 g/mol. The zero-order chi connectivity index (χ0) is 13.1. The SMILES string of the molecule is Nc1cc(NC(=O)c2cccc(O)c2)ccc1Cl. The summed E-state index contributed by atoms with van der Waals surface area (Å²) in [7, 11) is 0. The minimum Gasteiger partial charge on any atom is -0.508 e. The Balaban J connectivity index is 2.18. The summed E-state index contributed by atoms with van der Waals surface area (Å²) in [4.78, 5) is 11.9. The summed E-state index contributed by atoms with van der Waals surface area (Å²) in [5.74, 6) is -0.286. The van der Waals surface area contributed by atoms with Gasteiger partial charge in [-0.3, -0.25) is 4.79 Å². The van der Waals surface area contributed by atoms with E-state index in [1.807, 2.05) is 0 Å². The van der Waals surface area contributed by atoms with Crippen LogP contribution in [-0.4, -0.2) is 11.0 Å². The van der Waals surface area contributed by atoms with Gasteiger partial charge in [0.2, 0.25) is 0 Å². The summed E-state index contributed by atoms with van der Waals surface area (Å²) in [6.07, 6.45) is 0. The highest BCUT2D eigenvalue weighted by atomic mass is 35.5. The molecule has 0 radical (unpaired) electrons. The molecular weight excluding hydrogens is 252 g/mol. The molecule has 5 heteroatoms. The summed E-state index contributed by atoms with van der Waals surface area (Å²) < 4.78 is 0. The number of amides is 1. The first kappa shape index (κ1) is 12.3. The van der Waals surface area contributed by atoms with Crippen molar-refractivity contribution in [1.82, 2.24) is 0 Å². The van der Waals surface area contributed by atoms with Gasteiger partial charge in [-0.25, -0.2) is 0 Å². The van der Waals surface area contributed by atoms with Crippen molar-refractivity contribution in [1.29, 1.82) is 0 Å². The highest BCUT2D eigenvalue weighted by Crippen LogP contribution is 2.23. The van der Waals surface area contributed by atoms with Crippen LogP contribution in [0.2, 0.25) is 5.02 Å². The maximum atomic E-state index is 11.9. The molecule has 18 heavy (non-hydrogen) atoms. The summed E-state index contributed by atoms with van der Waals surface area (Å²) >= 11 is 5.78. The predicted octanol–water partition coefficient (Wildman–Crippen LogP) is 2.88. The maximum absolute atomic E-state index is 11.9. The molecule has 2 rings (SSSR count). The van der Waals surface area contributed by atoms with Crippen LogP contribution < -0.4 is 11.1 Å². The molecular formula is C13H11ClN2O2. The van der Waals surface area contributed by atoms with Crippen LogP contribution in [0.15, 0.2) is 42.5 Å². The fraction of sp³-hybridized carbons (Fsp3) is 0. The Hall–Kier alpha value is -2.20.